The van der Waals surface area contributed by atoms with Crippen LogP contribution in [0.1, 0.15) is 16.7 Å². The molecule has 2 aliphatic heterocycles. The monoisotopic (exact) mass is 346 g/mol. The Morgan fingerprint density at radius 1 is 0.818 bits per heavy atom. The first-order valence-corrected chi connectivity index (χ1v) is 11.2. The summed E-state index contributed by atoms with van der Waals surface area (Å²) in [7, 11) is 0. The third-order valence-corrected chi connectivity index (χ3v) is 12.0. The van der Waals surface area contributed by atoms with Gasteiger partial charge < -0.3 is 0 Å². The van der Waals surface area contributed by atoms with Crippen LogP contribution in [0.4, 0.5) is 0 Å². The van der Waals surface area contributed by atoms with E-state index >= 15 is 0 Å². The Morgan fingerprint density at radius 3 is 2.41 bits per heavy atom. The van der Waals surface area contributed by atoms with E-state index in [0.717, 1.165) is 19.5 Å². The van der Waals surface area contributed by atoms with Gasteiger partial charge in [0.1, 0.15) is 0 Å². The Bertz CT molecular complexity index is 1000. The fraction of sp³-hybridized carbons (Fsp3) is 0.100. The maximum absolute atomic E-state index is 14.3. The fourth-order valence-corrected chi connectivity index (χ4v) is 11.6. The summed E-state index contributed by atoms with van der Waals surface area (Å²) >= 11 is -3.49. The first kappa shape index (κ1) is 12.6. The summed E-state index contributed by atoms with van der Waals surface area (Å²) in [5.74, 6) is 0. The molecule has 0 aromatic heterocycles. The van der Waals surface area contributed by atoms with E-state index in [9.17, 15) is 3.74 Å². The second kappa shape index (κ2) is 4.06. The van der Waals surface area contributed by atoms with Gasteiger partial charge in [-0.2, -0.15) is 0 Å². The topological polar surface area (TPSA) is 17.1 Å². The number of rotatable bonds is 0. The summed E-state index contributed by atoms with van der Waals surface area (Å²) in [5.41, 5.74) is 6.19. The third kappa shape index (κ3) is 1.31. The van der Waals surface area contributed by atoms with Gasteiger partial charge in [-0.05, 0) is 0 Å². The predicted molar refractivity (Wildman–Crippen MR) is 91.2 cm³/mol. The van der Waals surface area contributed by atoms with Crippen molar-refractivity contribution in [3.8, 4) is 11.1 Å². The second-order valence-electron chi connectivity index (χ2n) is 6.19. The molecule has 0 spiro atoms. The zero-order valence-electron chi connectivity index (χ0n) is 12.3. The standard InChI is InChI=1S/C20H15AsO/c1-13-10-11-16-15-7-3-5-9-19(15)21(22)18-8-4-2-6-14(18)12-17(13)20(16)21/h2-11H,12H2,1H3. The number of fused-ring (bicyclic) bond motifs is 5. The Hall–Kier alpha value is -1.98. The van der Waals surface area contributed by atoms with Gasteiger partial charge in [0, 0.05) is 0 Å². The van der Waals surface area contributed by atoms with Crippen molar-refractivity contribution < 1.29 is 3.74 Å². The summed E-state index contributed by atoms with van der Waals surface area (Å²) < 4.78 is 17.7. The molecule has 2 aliphatic rings. The first-order valence-electron chi connectivity index (χ1n) is 7.63. The zero-order chi connectivity index (χ0) is 14.9. The van der Waals surface area contributed by atoms with Gasteiger partial charge in [-0.3, -0.25) is 0 Å². The second-order valence-corrected chi connectivity index (χ2v) is 11.7. The van der Waals surface area contributed by atoms with Gasteiger partial charge in [0.15, 0.2) is 0 Å². The van der Waals surface area contributed by atoms with E-state index in [1.54, 1.807) is 0 Å². The van der Waals surface area contributed by atoms with Crippen molar-refractivity contribution in [2.45, 2.75) is 13.3 Å². The molecule has 3 aromatic rings. The molecule has 0 radical (unpaired) electrons. The van der Waals surface area contributed by atoms with Gasteiger partial charge in [0.25, 0.3) is 0 Å². The zero-order valence-corrected chi connectivity index (χ0v) is 14.2. The molecule has 1 atom stereocenters. The van der Waals surface area contributed by atoms with Crippen molar-refractivity contribution in [1.82, 2.24) is 0 Å². The van der Waals surface area contributed by atoms with E-state index in [1.807, 2.05) is 12.1 Å². The number of hydrogen-bond acceptors (Lipinski definition) is 1. The summed E-state index contributed by atoms with van der Waals surface area (Å²) in [6, 6.07) is 21.0. The molecule has 0 aliphatic carbocycles. The maximum atomic E-state index is 14.3. The van der Waals surface area contributed by atoms with Crippen LogP contribution in [0, 0.1) is 6.92 Å². The van der Waals surface area contributed by atoms with E-state index in [4.69, 9.17) is 0 Å². The Balaban J connectivity index is 2.03. The van der Waals surface area contributed by atoms with Gasteiger partial charge >= 0.3 is 132 Å². The minimum atomic E-state index is -3.49. The molecule has 0 bridgehead atoms. The van der Waals surface area contributed by atoms with Crippen LogP contribution in [0.3, 0.4) is 0 Å². The van der Waals surface area contributed by atoms with Crippen LogP contribution < -0.4 is 13.1 Å². The molecule has 0 saturated heterocycles. The Morgan fingerprint density at radius 2 is 1.55 bits per heavy atom. The predicted octanol–water partition coefficient (Wildman–Crippen LogP) is 2.28. The van der Waals surface area contributed by atoms with E-state index in [1.165, 1.54) is 27.8 Å². The summed E-state index contributed by atoms with van der Waals surface area (Å²) in [5, 5.41) is 0. The van der Waals surface area contributed by atoms with Gasteiger partial charge in [0.05, 0.1) is 0 Å². The average Bonchev–Trinajstić information content (AvgIpc) is 2.82. The van der Waals surface area contributed by atoms with Crippen LogP contribution in [-0.4, -0.2) is 13.5 Å². The van der Waals surface area contributed by atoms with Crippen LogP contribution in [0.5, 0.6) is 0 Å². The molecular weight excluding hydrogens is 331 g/mol. The molecule has 2 heteroatoms. The molecule has 22 heavy (non-hydrogen) atoms. The van der Waals surface area contributed by atoms with Crippen molar-refractivity contribution in [2.24, 2.45) is 0 Å². The van der Waals surface area contributed by atoms with Crippen LogP contribution in [0.2, 0.25) is 0 Å². The molecule has 106 valence electrons. The molecule has 3 aromatic carbocycles. The van der Waals surface area contributed by atoms with Crippen LogP contribution in [0.25, 0.3) is 11.1 Å². The molecule has 1 nitrogen and oxygen atoms in total. The third-order valence-electron chi connectivity index (χ3n) is 5.06. The van der Waals surface area contributed by atoms with Gasteiger partial charge in [-0.15, -0.1) is 0 Å². The fourth-order valence-electron chi connectivity index (χ4n) is 4.04. The van der Waals surface area contributed by atoms with Crippen LogP contribution >= 0.6 is 0 Å². The Kier molecular flexibility index (Phi) is 2.31. The average molecular weight is 346 g/mol. The minimum absolute atomic E-state index is 0.907. The molecule has 0 saturated carbocycles. The Labute approximate surface area is 132 Å². The quantitative estimate of drug-likeness (QED) is 0.393. The number of hydrogen-bond donors (Lipinski definition) is 0. The van der Waals surface area contributed by atoms with E-state index in [-0.39, 0.29) is 0 Å². The van der Waals surface area contributed by atoms with Crippen molar-refractivity contribution in [3.05, 3.63) is 77.4 Å². The summed E-state index contributed by atoms with van der Waals surface area (Å²) in [4.78, 5) is 0. The summed E-state index contributed by atoms with van der Waals surface area (Å²) in [6.07, 6.45) is 0.907. The molecule has 0 fully saturated rings. The SMILES string of the molecule is Cc1ccc2c3c1Cc1ccccc1[As]3(=O)c1ccccc1-2. The van der Waals surface area contributed by atoms with Crippen molar-refractivity contribution >= 4 is 26.5 Å². The summed E-state index contributed by atoms with van der Waals surface area (Å²) in [6.45, 7) is 2.15. The molecule has 0 N–H and O–H groups in total. The molecule has 5 rings (SSSR count). The van der Waals surface area contributed by atoms with E-state index < -0.39 is 13.5 Å². The molecule has 0 amide bonds. The van der Waals surface area contributed by atoms with E-state index in [0.29, 0.717) is 0 Å². The first-order chi connectivity index (χ1) is 10.7. The van der Waals surface area contributed by atoms with Crippen LogP contribution in [0.15, 0.2) is 60.7 Å². The molecule has 2 heterocycles. The van der Waals surface area contributed by atoms with Gasteiger partial charge in [0.2, 0.25) is 0 Å². The van der Waals surface area contributed by atoms with Crippen molar-refractivity contribution in [2.75, 3.05) is 0 Å². The van der Waals surface area contributed by atoms with Gasteiger partial charge in [-0.25, -0.2) is 0 Å². The van der Waals surface area contributed by atoms with Crippen molar-refractivity contribution in [1.29, 1.82) is 0 Å². The normalized spacial score (nSPS) is 20.2. The molecular formula is C20H15AsO. The van der Waals surface area contributed by atoms with Gasteiger partial charge in [-0.1, -0.05) is 0 Å². The molecule has 1 unspecified atom stereocenters. The number of aryl methyl sites for hydroxylation is 1. The van der Waals surface area contributed by atoms with Crippen molar-refractivity contribution in [3.63, 3.8) is 0 Å². The van der Waals surface area contributed by atoms with E-state index in [2.05, 4.69) is 55.5 Å². The van der Waals surface area contributed by atoms with Crippen LogP contribution in [-0.2, 0) is 10.2 Å². The number of benzene rings is 3.